The maximum absolute atomic E-state index is 13.7. The van der Waals surface area contributed by atoms with Crippen molar-refractivity contribution in [1.29, 1.82) is 0 Å². The molecule has 0 spiro atoms. The van der Waals surface area contributed by atoms with Crippen LogP contribution in [-0.4, -0.2) is 84.1 Å². The van der Waals surface area contributed by atoms with Crippen LogP contribution < -0.4 is 5.56 Å². The molecule has 2 aliphatic heterocycles. The van der Waals surface area contributed by atoms with E-state index in [2.05, 4.69) is 11.9 Å². The van der Waals surface area contributed by atoms with Crippen LogP contribution in [-0.2, 0) is 16.7 Å². The van der Waals surface area contributed by atoms with Gasteiger partial charge in [0, 0.05) is 24.3 Å². The van der Waals surface area contributed by atoms with Crippen LogP contribution in [0.25, 0.3) is 16.7 Å². The van der Waals surface area contributed by atoms with Gasteiger partial charge in [-0.15, -0.1) is 0 Å². The molecule has 1 saturated carbocycles. The Balaban J connectivity index is 1.06. The number of fused-ring (bicyclic) bond motifs is 1. The highest BCUT2D eigenvalue weighted by molar-refractivity contribution is 6.31. The van der Waals surface area contributed by atoms with Gasteiger partial charge in [0.2, 0.25) is 0 Å². The number of carbonyl (C=O) groups excluding carboxylic acids is 1. The number of ether oxygens (including phenoxy) is 1. The predicted molar refractivity (Wildman–Crippen MR) is 181 cm³/mol. The maximum atomic E-state index is 13.7. The number of piperidine rings is 1. The number of carboxylic acid groups (broad SMARTS) is 1. The van der Waals surface area contributed by atoms with E-state index in [0.29, 0.717) is 53.4 Å². The molecule has 0 bridgehead atoms. The molecule has 2 atom stereocenters. The van der Waals surface area contributed by atoms with Gasteiger partial charge in [0.05, 0.1) is 42.8 Å². The zero-order valence-electron chi connectivity index (χ0n) is 27.4. The van der Waals surface area contributed by atoms with E-state index in [1.165, 1.54) is 34.2 Å². The summed E-state index contributed by atoms with van der Waals surface area (Å²) in [7, 11) is 0. The van der Waals surface area contributed by atoms with Gasteiger partial charge in [-0.25, -0.2) is 9.78 Å². The summed E-state index contributed by atoms with van der Waals surface area (Å²) in [5, 5.41) is 21.9. The van der Waals surface area contributed by atoms with Crippen molar-refractivity contribution in [2.45, 2.75) is 76.2 Å². The summed E-state index contributed by atoms with van der Waals surface area (Å²) in [5.41, 5.74) is 3.40. The summed E-state index contributed by atoms with van der Waals surface area (Å²) in [6, 6.07) is 14.6. The number of aromatic nitrogens is 3. The normalized spacial score (nSPS) is 21.8. The molecule has 12 heteroatoms. The minimum absolute atomic E-state index is 0.0445. The Morgan fingerprint density at radius 1 is 1.06 bits per heavy atom. The lowest BCUT2D eigenvalue weighted by Crippen LogP contribution is -2.49. The van der Waals surface area contributed by atoms with E-state index >= 15 is 0 Å². The van der Waals surface area contributed by atoms with Crippen LogP contribution >= 0.6 is 11.6 Å². The Morgan fingerprint density at radius 3 is 2.42 bits per heavy atom. The van der Waals surface area contributed by atoms with E-state index < -0.39 is 17.7 Å². The molecule has 2 amide bonds. The Hall–Kier alpha value is -4.19. The summed E-state index contributed by atoms with van der Waals surface area (Å²) in [5.74, 6) is -0.0510. The molecule has 252 valence electrons. The average Bonchev–Trinajstić information content (AvgIpc) is 3.73. The molecule has 0 radical (unpaired) electrons. The molecule has 11 nitrogen and oxygen atoms in total. The Bertz CT molecular complexity index is 1960. The van der Waals surface area contributed by atoms with E-state index in [4.69, 9.17) is 16.3 Å². The SMILES string of the molecule is Cc1cc(-n2c(Cl)cc3c(=O)n(CC4(O)CCN(C(=O)c5ccc(C6(C)CC6)cc5)CC4)cnc32)ccc1[C@H]1CO[C@H](C)CN1C(=O)O. The fourth-order valence-corrected chi connectivity index (χ4v) is 7.45. The number of hydrogen-bond acceptors (Lipinski definition) is 6. The highest BCUT2D eigenvalue weighted by Gasteiger charge is 2.39. The molecule has 4 heterocycles. The fraction of sp³-hybridized carbons (Fsp3) is 0.444. The summed E-state index contributed by atoms with van der Waals surface area (Å²) in [6.45, 7) is 7.35. The second kappa shape index (κ2) is 12.0. The van der Waals surface area contributed by atoms with Crippen molar-refractivity contribution in [3.05, 3.63) is 92.6 Å². The van der Waals surface area contributed by atoms with Gasteiger partial charge in [0.25, 0.3) is 11.5 Å². The van der Waals surface area contributed by atoms with Crippen molar-refractivity contribution in [3.8, 4) is 5.69 Å². The third-order valence-electron chi connectivity index (χ3n) is 10.5. The summed E-state index contributed by atoms with van der Waals surface area (Å²) in [4.78, 5) is 46.6. The molecule has 0 unspecified atom stereocenters. The summed E-state index contributed by atoms with van der Waals surface area (Å²) in [6.07, 6.45) is 3.27. The highest BCUT2D eigenvalue weighted by Crippen LogP contribution is 2.47. The lowest BCUT2D eigenvalue weighted by atomic mass is 9.90. The number of benzene rings is 2. The molecule has 3 aliphatic rings. The van der Waals surface area contributed by atoms with Crippen molar-refractivity contribution in [3.63, 3.8) is 0 Å². The largest absolute Gasteiger partial charge is 0.465 e. The van der Waals surface area contributed by atoms with E-state index in [-0.39, 0.29) is 42.7 Å². The molecule has 1 aliphatic carbocycles. The number of nitrogens with zero attached hydrogens (tertiary/aromatic N) is 5. The quantitative estimate of drug-likeness (QED) is 0.284. The number of likely N-dealkylation sites (tertiary alicyclic amines) is 1. The van der Waals surface area contributed by atoms with Gasteiger partial charge in [-0.3, -0.25) is 23.6 Å². The Morgan fingerprint density at radius 2 is 1.77 bits per heavy atom. The zero-order chi connectivity index (χ0) is 34.0. The van der Waals surface area contributed by atoms with Gasteiger partial charge < -0.3 is 19.8 Å². The lowest BCUT2D eigenvalue weighted by molar-refractivity contribution is -0.0466. The first kappa shape index (κ1) is 32.4. The first-order valence-electron chi connectivity index (χ1n) is 16.5. The monoisotopic (exact) mass is 673 g/mol. The second-order valence-corrected chi connectivity index (χ2v) is 14.4. The molecule has 48 heavy (non-hydrogen) atoms. The van der Waals surface area contributed by atoms with E-state index in [1.54, 1.807) is 15.5 Å². The van der Waals surface area contributed by atoms with Gasteiger partial charge in [-0.2, -0.15) is 0 Å². The number of carbonyl (C=O) groups is 2. The topological polar surface area (TPSA) is 130 Å². The Kier molecular flexibility index (Phi) is 8.12. The minimum Gasteiger partial charge on any atom is -0.465 e. The first-order valence-corrected chi connectivity index (χ1v) is 16.8. The third-order valence-corrected chi connectivity index (χ3v) is 10.8. The number of hydrogen-bond donors (Lipinski definition) is 2. The van der Waals surface area contributed by atoms with Crippen LogP contribution in [0, 0.1) is 6.92 Å². The minimum atomic E-state index is -1.18. The van der Waals surface area contributed by atoms with Crippen molar-refractivity contribution in [2.24, 2.45) is 0 Å². The molecular weight excluding hydrogens is 634 g/mol. The molecule has 2 N–H and O–H groups in total. The second-order valence-electron chi connectivity index (χ2n) is 14.0. The van der Waals surface area contributed by atoms with Crippen LogP contribution in [0.1, 0.15) is 72.6 Å². The number of morpholine rings is 1. The van der Waals surface area contributed by atoms with Crippen LogP contribution in [0.3, 0.4) is 0 Å². The number of aliphatic hydroxyl groups is 1. The van der Waals surface area contributed by atoms with Gasteiger partial charge in [-0.05, 0) is 92.0 Å². The number of amides is 2. The van der Waals surface area contributed by atoms with Crippen LogP contribution in [0.5, 0.6) is 0 Å². The van der Waals surface area contributed by atoms with Crippen molar-refractivity contribution in [1.82, 2.24) is 23.9 Å². The van der Waals surface area contributed by atoms with Crippen LogP contribution in [0.2, 0.25) is 5.15 Å². The standard InChI is InChI=1S/C36H40ClN5O6/c1-22-16-26(8-9-27(22)29-19-48-23(2)18-41(29)34(45)46)42-30(37)17-28-31(42)38-21-40(33(28)44)20-36(47)12-14-39(15-13-36)32(43)24-4-6-25(7-5-24)35(3)10-11-35/h4-9,16-17,21,23,29,47H,10-15,18-20H2,1-3H3,(H,45,46)/t23-,29-/m1/s1. The van der Waals surface area contributed by atoms with Gasteiger partial charge >= 0.3 is 6.09 Å². The average molecular weight is 674 g/mol. The van der Waals surface area contributed by atoms with Crippen molar-refractivity contribution >= 4 is 34.6 Å². The van der Waals surface area contributed by atoms with Crippen LogP contribution in [0.15, 0.2) is 59.7 Å². The molecule has 3 fully saturated rings. The predicted octanol–water partition coefficient (Wildman–Crippen LogP) is 5.31. The van der Waals surface area contributed by atoms with Crippen LogP contribution in [0.4, 0.5) is 4.79 Å². The molecule has 4 aromatic rings. The molecule has 7 rings (SSSR count). The van der Waals surface area contributed by atoms with Gasteiger partial charge in [0.1, 0.15) is 11.5 Å². The van der Waals surface area contributed by atoms with Crippen molar-refractivity contribution < 1.29 is 24.5 Å². The third kappa shape index (κ3) is 5.88. The molecule has 2 aromatic heterocycles. The van der Waals surface area contributed by atoms with Gasteiger partial charge in [-0.1, -0.05) is 36.7 Å². The lowest BCUT2D eigenvalue weighted by Gasteiger charge is -2.38. The molecule has 2 aromatic carbocycles. The molecular formula is C36H40ClN5O6. The van der Waals surface area contributed by atoms with Crippen molar-refractivity contribution in [2.75, 3.05) is 26.2 Å². The smallest absolute Gasteiger partial charge is 0.407 e. The van der Waals surface area contributed by atoms with Gasteiger partial charge in [0.15, 0.2) is 5.65 Å². The summed E-state index contributed by atoms with van der Waals surface area (Å²) < 4.78 is 8.88. The maximum Gasteiger partial charge on any atom is 0.407 e. The fourth-order valence-electron chi connectivity index (χ4n) is 7.16. The molecule has 2 saturated heterocycles. The Labute approximate surface area is 283 Å². The van der Waals surface area contributed by atoms with E-state index in [1.807, 2.05) is 56.3 Å². The highest BCUT2D eigenvalue weighted by atomic mass is 35.5. The summed E-state index contributed by atoms with van der Waals surface area (Å²) >= 11 is 6.68. The first-order chi connectivity index (χ1) is 22.9. The zero-order valence-corrected chi connectivity index (χ0v) is 28.1. The number of halogens is 1. The number of aryl methyl sites for hydroxylation is 1. The van der Waals surface area contributed by atoms with E-state index in [0.717, 1.165) is 11.1 Å². The van der Waals surface area contributed by atoms with E-state index in [9.17, 15) is 24.6 Å². The number of rotatable bonds is 6.